The summed E-state index contributed by atoms with van der Waals surface area (Å²) in [4.78, 5) is 24.0. The van der Waals surface area contributed by atoms with Crippen molar-refractivity contribution in [3.05, 3.63) is 35.6 Å². The summed E-state index contributed by atoms with van der Waals surface area (Å²) in [6, 6.07) is 5.20. The predicted octanol–water partition coefficient (Wildman–Crippen LogP) is 1.51. The van der Waals surface area contributed by atoms with Crippen LogP contribution in [-0.2, 0) is 4.79 Å². The second kappa shape index (κ2) is 7.22. The van der Waals surface area contributed by atoms with Crippen LogP contribution in [0.1, 0.15) is 30.9 Å². The normalized spacial score (nSPS) is 20.9. The maximum Gasteiger partial charge on any atom is 0.318 e. The van der Waals surface area contributed by atoms with Crippen LogP contribution >= 0.6 is 0 Å². The van der Waals surface area contributed by atoms with Gasteiger partial charge in [-0.3, -0.25) is 4.79 Å². The maximum absolute atomic E-state index is 13.3. The van der Waals surface area contributed by atoms with Crippen LogP contribution in [0.4, 0.5) is 9.18 Å². The van der Waals surface area contributed by atoms with Gasteiger partial charge in [-0.05, 0) is 30.5 Å². The maximum atomic E-state index is 13.3. The predicted molar refractivity (Wildman–Crippen MR) is 76.7 cm³/mol. The number of aliphatic carboxylic acids is 1. The molecule has 22 heavy (non-hydrogen) atoms. The van der Waals surface area contributed by atoms with Crippen molar-refractivity contribution in [3.63, 3.8) is 0 Å². The molecule has 1 saturated heterocycles. The van der Waals surface area contributed by atoms with Crippen molar-refractivity contribution in [2.75, 3.05) is 13.1 Å². The number of β-amino-alcohol motifs (C(OH)–C–C–N with tert-alkyl or cyclic N) is 1. The van der Waals surface area contributed by atoms with Gasteiger partial charge in [0.1, 0.15) is 5.82 Å². The second-order valence-corrected chi connectivity index (χ2v) is 5.34. The molecular formula is C15H19FN2O4. The Morgan fingerprint density at radius 1 is 1.41 bits per heavy atom. The van der Waals surface area contributed by atoms with Gasteiger partial charge < -0.3 is 20.4 Å². The number of urea groups is 1. The number of aliphatic hydroxyl groups is 1. The Kier molecular flexibility index (Phi) is 5.32. The molecule has 2 rings (SSSR count). The molecule has 0 saturated carbocycles. The Morgan fingerprint density at radius 2 is 2.18 bits per heavy atom. The molecule has 6 nitrogen and oxygen atoms in total. The average Bonchev–Trinajstić information content (AvgIpc) is 2.85. The molecule has 2 unspecified atom stereocenters. The Labute approximate surface area is 127 Å². The van der Waals surface area contributed by atoms with Gasteiger partial charge in [-0.25, -0.2) is 9.18 Å². The van der Waals surface area contributed by atoms with E-state index < -0.39 is 12.1 Å². The van der Waals surface area contributed by atoms with Crippen LogP contribution < -0.4 is 5.32 Å². The molecule has 0 spiro atoms. The molecule has 1 aromatic carbocycles. The van der Waals surface area contributed by atoms with Gasteiger partial charge in [0.2, 0.25) is 0 Å². The van der Waals surface area contributed by atoms with Crippen LogP contribution in [-0.4, -0.2) is 46.3 Å². The molecule has 2 amide bonds. The van der Waals surface area contributed by atoms with Crippen molar-refractivity contribution in [3.8, 4) is 0 Å². The number of carbonyl (C=O) groups is 2. The summed E-state index contributed by atoms with van der Waals surface area (Å²) in [5.41, 5.74) is 0.636. The number of nitrogens with zero attached hydrogens (tertiary/aromatic N) is 1. The van der Waals surface area contributed by atoms with Crippen molar-refractivity contribution in [2.24, 2.45) is 0 Å². The molecule has 1 aliphatic heterocycles. The Balaban J connectivity index is 1.98. The van der Waals surface area contributed by atoms with Gasteiger partial charge in [-0.2, -0.15) is 0 Å². The topological polar surface area (TPSA) is 89.9 Å². The highest BCUT2D eigenvalue weighted by Crippen LogP contribution is 2.32. The number of likely N-dealkylation sites (tertiary alicyclic amines) is 1. The van der Waals surface area contributed by atoms with Crippen molar-refractivity contribution in [1.82, 2.24) is 10.2 Å². The van der Waals surface area contributed by atoms with E-state index in [0.29, 0.717) is 18.4 Å². The molecule has 0 aromatic heterocycles. The summed E-state index contributed by atoms with van der Waals surface area (Å²) >= 11 is 0. The van der Waals surface area contributed by atoms with E-state index in [1.807, 2.05) is 0 Å². The molecule has 1 aromatic rings. The fourth-order valence-corrected chi connectivity index (χ4v) is 2.60. The average molecular weight is 310 g/mol. The van der Waals surface area contributed by atoms with Crippen LogP contribution in [0, 0.1) is 5.82 Å². The lowest BCUT2D eigenvalue weighted by atomic mass is 10.0. The van der Waals surface area contributed by atoms with Gasteiger partial charge in [0, 0.05) is 19.5 Å². The summed E-state index contributed by atoms with van der Waals surface area (Å²) in [7, 11) is 0. The highest BCUT2D eigenvalue weighted by Gasteiger charge is 2.35. The molecule has 0 bridgehead atoms. The Morgan fingerprint density at radius 3 is 2.86 bits per heavy atom. The van der Waals surface area contributed by atoms with Crippen molar-refractivity contribution < 1.29 is 24.2 Å². The van der Waals surface area contributed by atoms with Crippen LogP contribution in [0.15, 0.2) is 24.3 Å². The van der Waals surface area contributed by atoms with Gasteiger partial charge in [-0.1, -0.05) is 12.1 Å². The number of halogens is 1. The minimum absolute atomic E-state index is 0.0176. The number of carboxylic acids is 1. The number of benzene rings is 1. The lowest BCUT2D eigenvalue weighted by Gasteiger charge is -2.25. The second-order valence-electron chi connectivity index (χ2n) is 5.34. The number of carboxylic acid groups (broad SMARTS) is 1. The van der Waals surface area contributed by atoms with E-state index in [0.717, 1.165) is 0 Å². The van der Waals surface area contributed by atoms with E-state index in [1.165, 1.54) is 17.0 Å². The van der Waals surface area contributed by atoms with Gasteiger partial charge >= 0.3 is 12.0 Å². The van der Waals surface area contributed by atoms with E-state index in [1.54, 1.807) is 12.1 Å². The summed E-state index contributed by atoms with van der Waals surface area (Å²) in [6.07, 6.45) is 0.0164. The highest BCUT2D eigenvalue weighted by molar-refractivity contribution is 5.75. The first-order chi connectivity index (χ1) is 10.5. The molecule has 0 radical (unpaired) electrons. The molecule has 1 heterocycles. The molecule has 0 aliphatic carbocycles. The highest BCUT2D eigenvalue weighted by atomic mass is 19.1. The molecule has 1 aliphatic rings. The molecule has 1 fully saturated rings. The number of nitrogens with one attached hydrogen (secondary N) is 1. The number of aliphatic hydroxyl groups excluding tert-OH is 1. The number of hydrogen-bond donors (Lipinski definition) is 3. The number of carbonyl (C=O) groups excluding carboxylic acids is 1. The van der Waals surface area contributed by atoms with Crippen LogP contribution in [0.25, 0.3) is 0 Å². The van der Waals surface area contributed by atoms with Crippen LogP contribution in [0.2, 0.25) is 0 Å². The number of rotatable bonds is 5. The summed E-state index contributed by atoms with van der Waals surface area (Å²) in [5.74, 6) is -1.30. The van der Waals surface area contributed by atoms with E-state index in [4.69, 9.17) is 5.11 Å². The molecule has 120 valence electrons. The Bertz CT molecular complexity index is 552. The quantitative estimate of drug-likeness (QED) is 0.719. The molecular weight excluding hydrogens is 291 g/mol. The smallest absolute Gasteiger partial charge is 0.318 e. The first kappa shape index (κ1) is 16.2. The lowest BCUT2D eigenvalue weighted by Crippen LogP contribution is -2.40. The standard InChI is InChI=1S/C15H19FN2O4/c16-11-4-1-3-10(7-11)13-8-12(19)9-18(13)15(22)17-6-2-5-14(20)21/h1,3-4,7,12-13,19H,2,5-6,8-9H2,(H,17,22)(H,20,21). The molecule has 3 N–H and O–H groups in total. The minimum atomic E-state index is -0.913. The molecule has 7 heteroatoms. The van der Waals surface area contributed by atoms with Gasteiger partial charge in [-0.15, -0.1) is 0 Å². The van der Waals surface area contributed by atoms with Crippen molar-refractivity contribution >= 4 is 12.0 Å². The largest absolute Gasteiger partial charge is 0.481 e. The lowest BCUT2D eigenvalue weighted by molar-refractivity contribution is -0.137. The third-order valence-electron chi connectivity index (χ3n) is 3.62. The van der Waals surface area contributed by atoms with E-state index >= 15 is 0 Å². The zero-order chi connectivity index (χ0) is 16.1. The number of amides is 2. The molecule has 2 atom stereocenters. The van der Waals surface area contributed by atoms with Crippen LogP contribution in [0.5, 0.6) is 0 Å². The fourth-order valence-electron chi connectivity index (χ4n) is 2.60. The Hall–Kier alpha value is -2.15. The summed E-state index contributed by atoms with van der Waals surface area (Å²) in [5, 5.41) is 21.0. The zero-order valence-corrected chi connectivity index (χ0v) is 12.0. The van der Waals surface area contributed by atoms with Gasteiger partial charge in [0.15, 0.2) is 0 Å². The fraction of sp³-hybridized carbons (Fsp3) is 0.467. The van der Waals surface area contributed by atoms with E-state index in [-0.39, 0.29) is 37.4 Å². The van der Waals surface area contributed by atoms with Gasteiger partial charge in [0.05, 0.1) is 12.1 Å². The van der Waals surface area contributed by atoms with Crippen LogP contribution in [0.3, 0.4) is 0 Å². The number of hydrogen-bond acceptors (Lipinski definition) is 3. The van der Waals surface area contributed by atoms with E-state index in [2.05, 4.69) is 5.32 Å². The van der Waals surface area contributed by atoms with Crippen molar-refractivity contribution in [2.45, 2.75) is 31.4 Å². The SMILES string of the molecule is O=C(O)CCCNC(=O)N1CC(O)CC1c1cccc(F)c1. The third kappa shape index (κ3) is 4.17. The third-order valence-corrected chi connectivity index (χ3v) is 3.62. The first-order valence-corrected chi connectivity index (χ1v) is 7.17. The minimum Gasteiger partial charge on any atom is -0.481 e. The monoisotopic (exact) mass is 310 g/mol. The summed E-state index contributed by atoms with van der Waals surface area (Å²) in [6.45, 7) is 0.416. The zero-order valence-electron chi connectivity index (χ0n) is 12.0. The van der Waals surface area contributed by atoms with E-state index in [9.17, 15) is 19.1 Å². The van der Waals surface area contributed by atoms with Crippen molar-refractivity contribution in [1.29, 1.82) is 0 Å². The van der Waals surface area contributed by atoms with Gasteiger partial charge in [0.25, 0.3) is 0 Å². The first-order valence-electron chi connectivity index (χ1n) is 7.17. The summed E-state index contributed by atoms with van der Waals surface area (Å²) < 4.78 is 13.3.